The van der Waals surface area contributed by atoms with Crippen LogP contribution in [0, 0.1) is 6.92 Å². The van der Waals surface area contributed by atoms with Gasteiger partial charge in [0.25, 0.3) is 0 Å². The number of nitrogens with zero attached hydrogens (tertiary/aromatic N) is 3. The van der Waals surface area contributed by atoms with Gasteiger partial charge in [0.15, 0.2) is 5.65 Å². The molecule has 0 unspecified atom stereocenters. The fraction of sp³-hybridized carbons (Fsp3) is 0.111. The molecule has 2 N–H and O–H groups in total. The lowest BCUT2D eigenvalue weighted by molar-refractivity contribution is 0.442. The van der Waals surface area contributed by atoms with Gasteiger partial charge >= 0.3 is 0 Å². The highest BCUT2D eigenvalue weighted by molar-refractivity contribution is 5.64. The zero-order chi connectivity index (χ0) is 22.1. The number of phenols is 1. The zero-order valence-corrected chi connectivity index (χ0v) is 17.7. The Hall–Kier alpha value is -4.12. The minimum absolute atomic E-state index is 0.123. The van der Waals surface area contributed by atoms with Gasteiger partial charge in [0.05, 0.1) is 11.4 Å². The third kappa shape index (κ3) is 3.93. The normalized spacial score (nSPS) is 11.2. The molecule has 3 aromatic carbocycles. The summed E-state index contributed by atoms with van der Waals surface area (Å²) in [6.07, 6.45) is 2.93. The minimum atomic E-state index is 0.123. The van der Waals surface area contributed by atoms with E-state index in [2.05, 4.69) is 31.2 Å². The van der Waals surface area contributed by atoms with Crippen LogP contribution < -0.4 is 0 Å². The summed E-state index contributed by atoms with van der Waals surface area (Å²) in [7, 11) is 0. The van der Waals surface area contributed by atoms with Crippen LogP contribution in [0.1, 0.15) is 28.1 Å². The Balaban J connectivity index is 1.64. The maximum atomic E-state index is 11.1. The summed E-state index contributed by atoms with van der Waals surface area (Å²) in [5.74, 6) is 0.323. The number of aromatic nitrogens is 3. The van der Waals surface area contributed by atoms with Crippen molar-refractivity contribution in [3.05, 3.63) is 113 Å². The monoisotopic (exact) mass is 421 g/mol. The quantitative estimate of drug-likeness (QED) is 0.404. The third-order valence-electron chi connectivity index (χ3n) is 5.55. The van der Waals surface area contributed by atoms with E-state index in [1.54, 1.807) is 22.7 Å². The second-order valence-electron chi connectivity index (χ2n) is 8.02. The van der Waals surface area contributed by atoms with Crippen LogP contribution in [0.4, 0.5) is 0 Å². The van der Waals surface area contributed by atoms with Gasteiger partial charge < -0.3 is 10.2 Å². The lowest BCUT2D eigenvalue weighted by Crippen LogP contribution is -2.00. The highest BCUT2D eigenvalue weighted by atomic mass is 16.3. The van der Waals surface area contributed by atoms with E-state index in [0.29, 0.717) is 29.9 Å². The smallest absolute Gasteiger partial charge is 0.219 e. The predicted octanol–water partition coefficient (Wildman–Crippen LogP) is 5.30. The number of imidazole rings is 1. The molecular formula is C27H23N3O2. The van der Waals surface area contributed by atoms with Crippen molar-refractivity contribution in [1.82, 2.24) is 14.4 Å². The average Bonchev–Trinajstić information content (AvgIpc) is 3.11. The van der Waals surface area contributed by atoms with Crippen LogP contribution in [0.15, 0.2) is 85.1 Å². The summed E-state index contributed by atoms with van der Waals surface area (Å²) in [5.41, 5.74) is 7.00. The molecule has 0 atom stereocenters. The number of rotatable bonds is 5. The highest BCUT2D eigenvalue weighted by Gasteiger charge is 2.18. The van der Waals surface area contributed by atoms with Crippen LogP contribution in [-0.2, 0) is 12.8 Å². The molecule has 0 radical (unpaired) electrons. The number of aryl methyl sites for hydroxylation is 1. The Morgan fingerprint density at radius 3 is 2.22 bits per heavy atom. The Kier molecular flexibility index (Phi) is 5.07. The van der Waals surface area contributed by atoms with Crippen molar-refractivity contribution in [3.63, 3.8) is 0 Å². The largest absolute Gasteiger partial charge is 0.508 e. The molecule has 0 saturated heterocycles. The second-order valence-corrected chi connectivity index (χ2v) is 8.02. The lowest BCUT2D eigenvalue weighted by Gasteiger charge is -2.08. The molecule has 5 nitrogen and oxygen atoms in total. The minimum Gasteiger partial charge on any atom is -0.508 e. The van der Waals surface area contributed by atoms with Gasteiger partial charge in [0, 0.05) is 24.6 Å². The van der Waals surface area contributed by atoms with Crippen molar-refractivity contribution in [2.24, 2.45) is 0 Å². The number of fused-ring (bicyclic) bond motifs is 1. The Morgan fingerprint density at radius 2 is 1.47 bits per heavy atom. The van der Waals surface area contributed by atoms with Crippen LogP contribution in [0.3, 0.4) is 0 Å². The van der Waals surface area contributed by atoms with Crippen molar-refractivity contribution >= 4 is 5.65 Å². The molecule has 0 spiro atoms. The molecule has 32 heavy (non-hydrogen) atoms. The molecule has 0 saturated carbocycles. The van der Waals surface area contributed by atoms with Gasteiger partial charge in [-0.1, -0.05) is 60.2 Å². The molecule has 0 amide bonds. The Bertz CT molecular complexity index is 1390. The summed E-state index contributed by atoms with van der Waals surface area (Å²) in [4.78, 5) is 9.69. The van der Waals surface area contributed by atoms with Crippen LogP contribution in [0.25, 0.3) is 16.9 Å². The highest BCUT2D eigenvalue weighted by Crippen LogP contribution is 2.29. The van der Waals surface area contributed by atoms with Crippen LogP contribution >= 0.6 is 0 Å². The SMILES string of the molecule is Cc1cccc(Cc2nc3c(Cc4ccccc4)nc(-c4ccc(O)cc4)cn3c2O)c1. The fourth-order valence-electron chi connectivity index (χ4n) is 3.96. The molecule has 5 aromatic rings. The number of phenolic OH excluding ortho intramolecular Hbond substituents is 1. The summed E-state index contributed by atoms with van der Waals surface area (Å²) in [5, 5.41) is 20.7. The molecular weight excluding hydrogens is 398 g/mol. The summed E-state index contributed by atoms with van der Waals surface area (Å²) in [6.45, 7) is 2.05. The van der Waals surface area contributed by atoms with Crippen molar-refractivity contribution < 1.29 is 10.2 Å². The number of aromatic hydroxyl groups is 2. The van der Waals surface area contributed by atoms with Gasteiger partial charge in [-0.05, 0) is 42.3 Å². The number of hydrogen-bond donors (Lipinski definition) is 2. The van der Waals surface area contributed by atoms with E-state index in [1.165, 1.54) is 5.56 Å². The van der Waals surface area contributed by atoms with Gasteiger partial charge in [-0.2, -0.15) is 0 Å². The predicted molar refractivity (Wildman–Crippen MR) is 125 cm³/mol. The van der Waals surface area contributed by atoms with Crippen molar-refractivity contribution in [2.75, 3.05) is 0 Å². The van der Waals surface area contributed by atoms with Gasteiger partial charge in [0.1, 0.15) is 11.4 Å². The summed E-state index contributed by atoms with van der Waals surface area (Å²) < 4.78 is 1.72. The molecule has 158 valence electrons. The zero-order valence-electron chi connectivity index (χ0n) is 17.7. The first-order chi connectivity index (χ1) is 15.6. The van der Waals surface area contributed by atoms with Crippen LogP contribution in [0.2, 0.25) is 0 Å². The maximum Gasteiger partial charge on any atom is 0.219 e. The molecule has 2 aromatic heterocycles. The van der Waals surface area contributed by atoms with Crippen molar-refractivity contribution in [2.45, 2.75) is 19.8 Å². The molecule has 0 aliphatic rings. The Morgan fingerprint density at radius 1 is 0.750 bits per heavy atom. The number of hydrogen-bond acceptors (Lipinski definition) is 4. The van der Waals surface area contributed by atoms with Gasteiger partial charge in [-0.25, -0.2) is 9.97 Å². The van der Waals surface area contributed by atoms with E-state index in [1.807, 2.05) is 42.5 Å². The molecule has 0 aliphatic carbocycles. The van der Waals surface area contributed by atoms with Crippen LogP contribution in [0.5, 0.6) is 11.6 Å². The van der Waals surface area contributed by atoms with Crippen LogP contribution in [-0.4, -0.2) is 24.6 Å². The topological polar surface area (TPSA) is 70.7 Å². The fourth-order valence-corrected chi connectivity index (χ4v) is 3.96. The van der Waals surface area contributed by atoms with E-state index in [0.717, 1.165) is 22.4 Å². The summed E-state index contributed by atoms with van der Waals surface area (Å²) in [6, 6.07) is 25.2. The first-order valence-corrected chi connectivity index (χ1v) is 10.6. The first kappa shape index (κ1) is 19.8. The summed E-state index contributed by atoms with van der Waals surface area (Å²) >= 11 is 0. The van der Waals surface area contributed by atoms with Gasteiger partial charge in [-0.15, -0.1) is 0 Å². The van der Waals surface area contributed by atoms with E-state index in [-0.39, 0.29) is 11.6 Å². The Labute approximate surface area is 186 Å². The maximum absolute atomic E-state index is 11.1. The van der Waals surface area contributed by atoms with Gasteiger partial charge in [-0.3, -0.25) is 4.40 Å². The second kappa shape index (κ2) is 8.19. The molecule has 5 heteroatoms. The van der Waals surface area contributed by atoms with E-state index >= 15 is 0 Å². The molecule has 0 fully saturated rings. The standard InChI is InChI=1S/C27H23N3O2/c1-18-6-5-9-20(14-18)16-24-27(32)30-17-25(21-10-12-22(31)13-11-21)28-23(26(30)29-24)15-19-7-3-2-4-8-19/h2-14,17,31-32H,15-16H2,1H3. The first-order valence-electron chi connectivity index (χ1n) is 10.6. The molecule has 5 rings (SSSR count). The molecule has 0 bridgehead atoms. The van der Waals surface area contributed by atoms with Gasteiger partial charge in [0.2, 0.25) is 5.88 Å². The van der Waals surface area contributed by atoms with Crippen molar-refractivity contribution in [1.29, 1.82) is 0 Å². The van der Waals surface area contributed by atoms with Crippen molar-refractivity contribution in [3.8, 4) is 22.9 Å². The van der Waals surface area contributed by atoms with E-state index < -0.39 is 0 Å². The van der Waals surface area contributed by atoms with E-state index in [9.17, 15) is 10.2 Å². The molecule has 0 aliphatic heterocycles. The average molecular weight is 422 g/mol. The lowest BCUT2D eigenvalue weighted by atomic mass is 10.1. The number of benzene rings is 3. The molecule has 2 heterocycles. The van der Waals surface area contributed by atoms with E-state index in [4.69, 9.17) is 9.97 Å². The third-order valence-corrected chi connectivity index (χ3v) is 5.55.